The van der Waals surface area contributed by atoms with Crippen LogP contribution in [0.25, 0.3) is 0 Å². The van der Waals surface area contributed by atoms with Gasteiger partial charge in [-0.1, -0.05) is 6.07 Å². The second-order valence-corrected chi connectivity index (χ2v) is 3.99. The number of nitrogens with one attached hydrogen (secondary N) is 1. The summed E-state index contributed by atoms with van der Waals surface area (Å²) in [5, 5.41) is 11.6. The second kappa shape index (κ2) is 6.22. The van der Waals surface area contributed by atoms with Gasteiger partial charge in [0.2, 0.25) is 5.91 Å². The van der Waals surface area contributed by atoms with Crippen LogP contribution in [0.15, 0.2) is 24.3 Å². The first-order chi connectivity index (χ1) is 8.04. The molecular weight excluding hydrogens is 218 g/mol. The Balaban J connectivity index is 2.60. The third-order valence-corrected chi connectivity index (χ3v) is 2.65. The van der Waals surface area contributed by atoms with E-state index in [1.54, 1.807) is 43.1 Å². The van der Waals surface area contributed by atoms with Crippen molar-refractivity contribution in [3.8, 4) is 0 Å². The number of nitrogens with zero attached hydrogens (tertiary/aromatic N) is 1. The summed E-state index contributed by atoms with van der Waals surface area (Å²) in [5.74, 6) is -0.119. The van der Waals surface area contributed by atoms with Crippen molar-refractivity contribution in [2.75, 3.05) is 31.2 Å². The molecule has 0 spiro atoms. The van der Waals surface area contributed by atoms with Crippen molar-refractivity contribution < 1.29 is 9.90 Å². The lowest BCUT2D eigenvalue weighted by Gasteiger charge is -2.22. The van der Waals surface area contributed by atoms with Crippen LogP contribution in [0, 0.1) is 0 Å². The molecule has 1 amide bonds. The van der Waals surface area contributed by atoms with Crippen LogP contribution in [0.3, 0.4) is 0 Å². The summed E-state index contributed by atoms with van der Waals surface area (Å²) in [4.78, 5) is 13.6. The molecular formula is C12H19N3O2. The lowest BCUT2D eigenvalue weighted by Crippen LogP contribution is -2.40. The lowest BCUT2D eigenvalue weighted by atomic mass is 10.2. The van der Waals surface area contributed by atoms with Crippen molar-refractivity contribution in [2.45, 2.75) is 13.0 Å². The first-order valence-corrected chi connectivity index (χ1v) is 5.52. The average molecular weight is 237 g/mol. The summed E-state index contributed by atoms with van der Waals surface area (Å²) in [5.41, 5.74) is 6.91. The van der Waals surface area contributed by atoms with Gasteiger partial charge in [0.25, 0.3) is 0 Å². The summed E-state index contributed by atoms with van der Waals surface area (Å²) in [6.45, 7) is 2.29. The van der Waals surface area contributed by atoms with E-state index in [1.165, 1.54) is 0 Å². The van der Waals surface area contributed by atoms with Crippen LogP contribution in [-0.2, 0) is 4.79 Å². The van der Waals surface area contributed by atoms with Gasteiger partial charge in [-0.3, -0.25) is 9.69 Å². The van der Waals surface area contributed by atoms with Crippen LogP contribution in [0.5, 0.6) is 0 Å². The van der Waals surface area contributed by atoms with E-state index in [0.717, 1.165) is 0 Å². The normalized spacial score (nSPS) is 12.5. The number of anilines is 2. The van der Waals surface area contributed by atoms with E-state index in [0.29, 0.717) is 17.9 Å². The van der Waals surface area contributed by atoms with Gasteiger partial charge in [-0.25, -0.2) is 0 Å². The fraction of sp³-hybridized carbons (Fsp3) is 0.417. The number of rotatable bonds is 5. The molecule has 1 atom stereocenters. The molecule has 0 radical (unpaired) electrons. The molecule has 1 aromatic rings. The van der Waals surface area contributed by atoms with Gasteiger partial charge in [0, 0.05) is 17.9 Å². The number of amides is 1. The number of nitrogen functional groups attached to an aromatic ring is 1. The zero-order valence-corrected chi connectivity index (χ0v) is 10.2. The van der Waals surface area contributed by atoms with Crippen molar-refractivity contribution in [1.29, 1.82) is 0 Å². The molecule has 0 aliphatic heterocycles. The third kappa shape index (κ3) is 4.05. The minimum Gasteiger partial charge on any atom is -0.399 e. The number of carbonyl (C=O) groups excluding carboxylic acids is 1. The quantitative estimate of drug-likeness (QED) is 0.652. The van der Waals surface area contributed by atoms with E-state index in [1.807, 2.05) is 0 Å². The standard InChI is InChI=1S/C12H19N3O2/c1-9(15(2)6-7-16)12(17)14-11-5-3-4-10(13)8-11/h3-5,8-9,16H,6-7,13H2,1-2H3,(H,14,17). The summed E-state index contributed by atoms with van der Waals surface area (Å²) < 4.78 is 0. The fourth-order valence-electron chi connectivity index (χ4n) is 1.41. The number of nitrogens with two attached hydrogens (primary N) is 1. The molecule has 0 bridgehead atoms. The van der Waals surface area contributed by atoms with Gasteiger partial charge in [-0.05, 0) is 32.2 Å². The van der Waals surface area contributed by atoms with Crippen molar-refractivity contribution in [1.82, 2.24) is 4.90 Å². The van der Waals surface area contributed by atoms with Crippen LogP contribution in [0.2, 0.25) is 0 Å². The van der Waals surface area contributed by atoms with Crippen molar-refractivity contribution in [3.63, 3.8) is 0 Å². The number of aliphatic hydroxyl groups excluding tert-OH is 1. The molecule has 0 heterocycles. The summed E-state index contributed by atoms with van der Waals surface area (Å²) >= 11 is 0. The molecule has 17 heavy (non-hydrogen) atoms. The number of likely N-dealkylation sites (N-methyl/N-ethyl adjacent to an activating group) is 1. The van der Waals surface area contributed by atoms with Crippen molar-refractivity contribution in [2.24, 2.45) is 0 Å². The monoisotopic (exact) mass is 237 g/mol. The van der Waals surface area contributed by atoms with Crippen LogP contribution >= 0.6 is 0 Å². The summed E-state index contributed by atoms with van der Waals surface area (Å²) in [7, 11) is 1.79. The lowest BCUT2D eigenvalue weighted by molar-refractivity contribution is -0.120. The Morgan fingerprint density at radius 1 is 1.59 bits per heavy atom. The maximum Gasteiger partial charge on any atom is 0.241 e. The highest BCUT2D eigenvalue weighted by Crippen LogP contribution is 2.12. The Kier molecular flexibility index (Phi) is 4.93. The Bertz CT molecular complexity index is 382. The molecule has 0 fully saturated rings. The molecule has 5 nitrogen and oxygen atoms in total. The molecule has 5 heteroatoms. The number of aliphatic hydroxyl groups is 1. The van der Waals surface area contributed by atoms with E-state index >= 15 is 0 Å². The van der Waals surface area contributed by atoms with E-state index < -0.39 is 0 Å². The van der Waals surface area contributed by atoms with E-state index in [9.17, 15) is 4.79 Å². The molecule has 0 aliphatic rings. The Labute approximate surface area is 101 Å². The van der Waals surface area contributed by atoms with Gasteiger partial charge < -0.3 is 16.2 Å². The second-order valence-electron chi connectivity index (χ2n) is 3.99. The molecule has 4 N–H and O–H groups in total. The highest BCUT2D eigenvalue weighted by atomic mass is 16.3. The van der Waals surface area contributed by atoms with Crippen LogP contribution in [0.4, 0.5) is 11.4 Å². The van der Waals surface area contributed by atoms with Gasteiger partial charge in [0.05, 0.1) is 12.6 Å². The number of hydrogen-bond acceptors (Lipinski definition) is 4. The first-order valence-electron chi connectivity index (χ1n) is 5.52. The largest absolute Gasteiger partial charge is 0.399 e. The highest BCUT2D eigenvalue weighted by molar-refractivity contribution is 5.94. The topological polar surface area (TPSA) is 78.6 Å². The van der Waals surface area contributed by atoms with Crippen LogP contribution in [0.1, 0.15) is 6.92 Å². The van der Waals surface area contributed by atoms with Gasteiger partial charge in [0.1, 0.15) is 0 Å². The minimum atomic E-state index is -0.302. The SMILES string of the molecule is CC(C(=O)Nc1cccc(N)c1)N(C)CCO. The molecule has 0 aliphatic carbocycles. The zero-order valence-electron chi connectivity index (χ0n) is 10.2. The third-order valence-electron chi connectivity index (χ3n) is 2.65. The molecule has 1 aromatic carbocycles. The van der Waals surface area contributed by atoms with E-state index in [2.05, 4.69) is 5.32 Å². The molecule has 0 aromatic heterocycles. The zero-order chi connectivity index (χ0) is 12.8. The minimum absolute atomic E-state index is 0.0341. The average Bonchev–Trinajstić information content (AvgIpc) is 2.28. The molecule has 1 unspecified atom stereocenters. The predicted octanol–water partition coefficient (Wildman–Crippen LogP) is 0.520. The Morgan fingerprint density at radius 2 is 2.29 bits per heavy atom. The van der Waals surface area contributed by atoms with Gasteiger partial charge in [-0.15, -0.1) is 0 Å². The van der Waals surface area contributed by atoms with Crippen molar-refractivity contribution in [3.05, 3.63) is 24.3 Å². The number of carbonyl (C=O) groups is 1. The van der Waals surface area contributed by atoms with Gasteiger partial charge in [-0.2, -0.15) is 0 Å². The first kappa shape index (κ1) is 13.5. The van der Waals surface area contributed by atoms with Gasteiger partial charge in [0.15, 0.2) is 0 Å². The molecule has 0 saturated carbocycles. The van der Waals surface area contributed by atoms with E-state index in [-0.39, 0.29) is 18.6 Å². The number of hydrogen-bond donors (Lipinski definition) is 3. The Hall–Kier alpha value is -1.59. The molecule has 1 rings (SSSR count). The molecule has 0 saturated heterocycles. The summed E-state index contributed by atoms with van der Waals surface area (Å²) in [6, 6.07) is 6.73. The van der Waals surface area contributed by atoms with Crippen LogP contribution in [-0.4, -0.2) is 42.2 Å². The van der Waals surface area contributed by atoms with Crippen LogP contribution < -0.4 is 11.1 Å². The molecule has 94 valence electrons. The van der Waals surface area contributed by atoms with Gasteiger partial charge >= 0.3 is 0 Å². The fourth-order valence-corrected chi connectivity index (χ4v) is 1.41. The Morgan fingerprint density at radius 3 is 2.88 bits per heavy atom. The van der Waals surface area contributed by atoms with E-state index in [4.69, 9.17) is 10.8 Å². The highest BCUT2D eigenvalue weighted by Gasteiger charge is 2.17. The van der Waals surface area contributed by atoms with Crippen molar-refractivity contribution >= 4 is 17.3 Å². The maximum atomic E-state index is 11.9. The smallest absolute Gasteiger partial charge is 0.241 e. The number of benzene rings is 1. The predicted molar refractivity (Wildman–Crippen MR) is 68.7 cm³/mol. The summed E-state index contributed by atoms with van der Waals surface area (Å²) in [6.07, 6.45) is 0. The maximum absolute atomic E-state index is 11.9.